The number of halogens is 1. The first kappa shape index (κ1) is 18.3. The van der Waals surface area contributed by atoms with Gasteiger partial charge in [-0.3, -0.25) is 9.69 Å². The van der Waals surface area contributed by atoms with Crippen molar-refractivity contribution in [3.8, 4) is 5.75 Å². The Balaban J connectivity index is 1.75. The largest absolute Gasteiger partial charge is 0.496 e. The number of carbonyl (C=O) groups excluding carboxylic acids is 1. The molecule has 1 atom stereocenters. The zero-order valence-corrected chi connectivity index (χ0v) is 15.7. The Kier molecular flexibility index (Phi) is 5.71. The SMILES string of the molecule is CCN1CCN(C2CC2)CC(NC(=O)c2cc(Cl)c(N)cc2OC)C1. The molecular formula is C18H27ClN4O2. The summed E-state index contributed by atoms with van der Waals surface area (Å²) < 4.78 is 5.31. The van der Waals surface area contributed by atoms with Crippen LogP contribution in [0.5, 0.6) is 5.75 Å². The molecule has 7 heteroatoms. The predicted octanol–water partition coefficient (Wildman–Crippen LogP) is 1.83. The Labute approximate surface area is 154 Å². The summed E-state index contributed by atoms with van der Waals surface area (Å²) in [5.74, 6) is 0.275. The lowest BCUT2D eigenvalue weighted by Gasteiger charge is -2.25. The Morgan fingerprint density at radius 3 is 2.76 bits per heavy atom. The topological polar surface area (TPSA) is 70.8 Å². The minimum Gasteiger partial charge on any atom is -0.496 e. The number of methoxy groups -OCH3 is 1. The van der Waals surface area contributed by atoms with Gasteiger partial charge in [-0.1, -0.05) is 18.5 Å². The van der Waals surface area contributed by atoms with Crippen LogP contribution in [0.25, 0.3) is 0 Å². The predicted molar refractivity (Wildman–Crippen MR) is 100 cm³/mol. The zero-order chi connectivity index (χ0) is 18.0. The van der Waals surface area contributed by atoms with E-state index in [2.05, 4.69) is 22.0 Å². The minimum atomic E-state index is -0.169. The molecule has 2 fully saturated rings. The number of nitrogens with one attached hydrogen (secondary N) is 1. The van der Waals surface area contributed by atoms with Gasteiger partial charge in [0, 0.05) is 38.3 Å². The summed E-state index contributed by atoms with van der Waals surface area (Å²) in [6.07, 6.45) is 2.54. The molecule has 0 aromatic heterocycles. The number of hydrogen-bond acceptors (Lipinski definition) is 5. The fraction of sp³-hybridized carbons (Fsp3) is 0.611. The Bertz CT molecular complexity index is 636. The van der Waals surface area contributed by atoms with Gasteiger partial charge in [-0.15, -0.1) is 0 Å². The second kappa shape index (κ2) is 7.81. The van der Waals surface area contributed by atoms with Gasteiger partial charge in [0.05, 0.1) is 29.4 Å². The summed E-state index contributed by atoms with van der Waals surface area (Å²) in [6, 6.07) is 3.95. The number of hydrogen-bond donors (Lipinski definition) is 2. The van der Waals surface area contributed by atoms with Crippen molar-refractivity contribution < 1.29 is 9.53 Å². The highest BCUT2D eigenvalue weighted by atomic mass is 35.5. The van der Waals surface area contributed by atoms with Gasteiger partial charge in [0.25, 0.3) is 5.91 Å². The van der Waals surface area contributed by atoms with Gasteiger partial charge in [-0.05, 0) is 25.5 Å². The van der Waals surface area contributed by atoms with E-state index in [0.29, 0.717) is 28.1 Å². The third-order valence-electron chi connectivity index (χ3n) is 5.05. The van der Waals surface area contributed by atoms with E-state index in [4.69, 9.17) is 22.1 Å². The van der Waals surface area contributed by atoms with E-state index in [-0.39, 0.29) is 11.9 Å². The van der Waals surface area contributed by atoms with E-state index in [1.165, 1.54) is 20.0 Å². The molecule has 3 N–H and O–H groups in total. The molecule has 1 amide bonds. The van der Waals surface area contributed by atoms with Gasteiger partial charge in [-0.2, -0.15) is 0 Å². The van der Waals surface area contributed by atoms with Crippen LogP contribution in [0.2, 0.25) is 5.02 Å². The Morgan fingerprint density at radius 2 is 2.12 bits per heavy atom. The number of carbonyl (C=O) groups is 1. The number of likely N-dealkylation sites (N-methyl/N-ethyl adjacent to an activating group) is 1. The number of nitrogens with two attached hydrogens (primary N) is 1. The maximum Gasteiger partial charge on any atom is 0.255 e. The third kappa shape index (κ3) is 4.37. The molecule has 2 aliphatic rings. The van der Waals surface area contributed by atoms with E-state index >= 15 is 0 Å². The van der Waals surface area contributed by atoms with Crippen molar-refractivity contribution in [2.75, 3.05) is 45.6 Å². The number of benzene rings is 1. The van der Waals surface area contributed by atoms with Crippen LogP contribution in [0.3, 0.4) is 0 Å². The Morgan fingerprint density at radius 1 is 1.36 bits per heavy atom. The van der Waals surface area contributed by atoms with Crippen LogP contribution >= 0.6 is 11.6 Å². The molecule has 0 bridgehead atoms. The fourth-order valence-electron chi connectivity index (χ4n) is 3.43. The molecule has 0 radical (unpaired) electrons. The lowest BCUT2D eigenvalue weighted by molar-refractivity contribution is 0.0919. The fourth-order valence-corrected chi connectivity index (χ4v) is 3.60. The number of ether oxygens (including phenoxy) is 1. The number of nitrogen functional groups attached to an aromatic ring is 1. The van der Waals surface area contributed by atoms with Crippen LogP contribution in [0.4, 0.5) is 5.69 Å². The highest BCUT2D eigenvalue weighted by Gasteiger charge is 2.33. The molecule has 1 saturated carbocycles. The van der Waals surface area contributed by atoms with Gasteiger partial charge < -0.3 is 20.7 Å². The molecule has 1 saturated heterocycles. The first-order valence-corrected chi connectivity index (χ1v) is 9.29. The maximum absolute atomic E-state index is 12.8. The van der Waals surface area contributed by atoms with Gasteiger partial charge in [0.2, 0.25) is 0 Å². The van der Waals surface area contributed by atoms with Crippen molar-refractivity contribution >= 4 is 23.2 Å². The molecule has 138 valence electrons. The number of rotatable bonds is 5. The number of amides is 1. The van der Waals surface area contributed by atoms with Crippen LogP contribution in [0, 0.1) is 0 Å². The van der Waals surface area contributed by atoms with Crippen molar-refractivity contribution in [3.63, 3.8) is 0 Å². The second-order valence-electron chi connectivity index (χ2n) is 6.86. The van der Waals surface area contributed by atoms with Crippen LogP contribution < -0.4 is 15.8 Å². The highest BCUT2D eigenvalue weighted by Crippen LogP contribution is 2.30. The van der Waals surface area contributed by atoms with Crippen molar-refractivity contribution in [1.82, 2.24) is 15.1 Å². The number of anilines is 1. The zero-order valence-electron chi connectivity index (χ0n) is 14.9. The van der Waals surface area contributed by atoms with E-state index < -0.39 is 0 Å². The second-order valence-corrected chi connectivity index (χ2v) is 7.27. The minimum absolute atomic E-state index is 0.0802. The maximum atomic E-state index is 12.8. The molecule has 1 aliphatic carbocycles. The van der Waals surface area contributed by atoms with E-state index in [1.807, 2.05) is 0 Å². The van der Waals surface area contributed by atoms with Crippen LogP contribution in [-0.2, 0) is 0 Å². The van der Waals surface area contributed by atoms with Gasteiger partial charge in [0.1, 0.15) is 5.75 Å². The van der Waals surface area contributed by atoms with Gasteiger partial charge >= 0.3 is 0 Å². The van der Waals surface area contributed by atoms with E-state index in [1.54, 1.807) is 12.1 Å². The third-order valence-corrected chi connectivity index (χ3v) is 5.37. The molecule has 1 aromatic rings. The van der Waals surface area contributed by atoms with Crippen molar-refractivity contribution in [2.24, 2.45) is 0 Å². The van der Waals surface area contributed by atoms with Gasteiger partial charge in [-0.25, -0.2) is 0 Å². The first-order chi connectivity index (χ1) is 12.0. The van der Waals surface area contributed by atoms with Crippen molar-refractivity contribution in [3.05, 3.63) is 22.7 Å². The molecule has 1 heterocycles. The summed E-state index contributed by atoms with van der Waals surface area (Å²) in [4.78, 5) is 17.7. The molecular weight excluding hydrogens is 340 g/mol. The van der Waals surface area contributed by atoms with E-state index in [9.17, 15) is 4.79 Å². The summed E-state index contributed by atoms with van der Waals surface area (Å²) in [5, 5.41) is 3.53. The Hall–Kier alpha value is -1.50. The molecule has 1 unspecified atom stereocenters. The molecule has 0 spiro atoms. The average Bonchev–Trinajstić information content (AvgIpc) is 3.43. The summed E-state index contributed by atoms with van der Waals surface area (Å²) in [5.41, 5.74) is 6.64. The molecule has 1 aromatic carbocycles. The summed E-state index contributed by atoms with van der Waals surface area (Å²) >= 11 is 6.10. The number of nitrogens with zero attached hydrogens (tertiary/aromatic N) is 2. The monoisotopic (exact) mass is 366 g/mol. The average molecular weight is 367 g/mol. The van der Waals surface area contributed by atoms with Crippen molar-refractivity contribution in [1.29, 1.82) is 0 Å². The molecule has 3 rings (SSSR count). The van der Waals surface area contributed by atoms with E-state index in [0.717, 1.165) is 32.7 Å². The summed E-state index contributed by atoms with van der Waals surface area (Å²) in [6.45, 7) is 7.02. The summed E-state index contributed by atoms with van der Waals surface area (Å²) in [7, 11) is 1.53. The standard InChI is InChI=1S/C18H27ClN4O2/c1-3-22-6-7-23(13-4-5-13)11-12(10-22)21-18(24)14-8-15(19)16(20)9-17(14)25-2/h8-9,12-13H,3-7,10-11,20H2,1-2H3,(H,21,24). The normalized spacial score (nSPS) is 22.4. The van der Waals surface area contributed by atoms with Crippen LogP contribution in [0.15, 0.2) is 12.1 Å². The molecule has 6 nitrogen and oxygen atoms in total. The highest BCUT2D eigenvalue weighted by molar-refractivity contribution is 6.33. The van der Waals surface area contributed by atoms with Crippen LogP contribution in [0.1, 0.15) is 30.1 Å². The lowest BCUT2D eigenvalue weighted by Crippen LogP contribution is -2.47. The molecule has 25 heavy (non-hydrogen) atoms. The van der Waals surface area contributed by atoms with Gasteiger partial charge in [0.15, 0.2) is 0 Å². The molecule has 1 aliphatic heterocycles. The quantitative estimate of drug-likeness (QED) is 0.778. The first-order valence-electron chi connectivity index (χ1n) is 8.92. The smallest absolute Gasteiger partial charge is 0.255 e. The van der Waals surface area contributed by atoms with Crippen molar-refractivity contribution in [2.45, 2.75) is 31.8 Å². The van der Waals surface area contributed by atoms with Crippen LogP contribution in [-0.4, -0.2) is 67.6 Å². The lowest BCUT2D eigenvalue weighted by atomic mass is 10.1.